The van der Waals surface area contributed by atoms with Crippen molar-refractivity contribution >= 4 is 5.91 Å². The van der Waals surface area contributed by atoms with Gasteiger partial charge in [-0.1, -0.05) is 18.2 Å². The minimum atomic E-state index is -0.00138. The molecule has 3 heterocycles. The molecule has 1 aromatic carbocycles. The summed E-state index contributed by atoms with van der Waals surface area (Å²) in [5.74, 6) is 2.46. The van der Waals surface area contributed by atoms with Crippen molar-refractivity contribution in [3.8, 4) is 17.4 Å². The number of amides is 1. The molecule has 2 aromatic heterocycles. The molecule has 1 aliphatic rings. The third-order valence-corrected chi connectivity index (χ3v) is 4.81. The smallest absolute Gasteiger partial charge is 0.283 e. The molecule has 4 rings (SSSR count). The molecule has 27 heavy (non-hydrogen) atoms. The molecule has 140 valence electrons. The van der Waals surface area contributed by atoms with Gasteiger partial charge in [-0.05, 0) is 43.5 Å². The van der Waals surface area contributed by atoms with Crippen LogP contribution < -0.4 is 4.74 Å². The Kier molecular flexibility index (Phi) is 4.91. The highest BCUT2D eigenvalue weighted by Crippen LogP contribution is 2.29. The van der Waals surface area contributed by atoms with Crippen LogP contribution in [0, 0.1) is 6.92 Å². The highest BCUT2D eigenvalue weighted by atomic mass is 16.5. The van der Waals surface area contributed by atoms with E-state index in [1.54, 1.807) is 18.4 Å². The number of nitrogens with zero attached hydrogens (tertiary/aromatic N) is 3. The minimum Gasteiger partial charge on any atom is -0.484 e. The number of hydrogen-bond acceptors (Lipinski definition) is 6. The number of likely N-dealkylation sites (tertiary alicyclic amines) is 1. The molecule has 0 unspecified atom stereocenters. The van der Waals surface area contributed by atoms with Crippen LogP contribution >= 0.6 is 0 Å². The molecule has 7 heteroatoms. The van der Waals surface area contributed by atoms with Crippen molar-refractivity contribution in [3.63, 3.8) is 0 Å². The number of piperidine rings is 1. The fraction of sp³-hybridized carbons (Fsp3) is 0.350. The van der Waals surface area contributed by atoms with Gasteiger partial charge in [0.05, 0.1) is 6.26 Å². The van der Waals surface area contributed by atoms with Gasteiger partial charge in [-0.2, -0.15) is 0 Å². The third kappa shape index (κ3) is 3.86. The first-order valence-electron chi connectivity index (χ1n) is 9.04. The molecule has 0 aliphatic carbocycles. The standard InChI is InChI=1S/C20H21N3O4/c1-14-5-2-3-6-16(14)26-13-18(24)23-10-8-15(9-11-23)19-21-22-20(27-19)17-7-4-12-25-17/h2-7,12,15H,8-11,13H2,1H3. The van der Waals surface area contributed by atoms with Gasteiger partial charge in [-0.15, -0.1) is 10.2 Å². The Morgan fingerprint density at radius 2 is 2.00 bits per heavy atom. The topological polar surface area (TPSA) is 81.6 Å². The van der Waals surface area contributed by atoms with Crippen LogP contribution in [0.2, 0.25) is 0 Å². The molecule has 1 fully saturated rings. The maximum atomic E-state index is 12.4. The van der Waals surface area contributed by atoms with Crippen molar-refractivity contribution in [2.24, 2.45) is 0 Å². The van der Waals surface area contributed by atoms with E-state index < -0.39 is 0 Å². The Morgan fingerprint density at radius 1 is 1.19 bits per heavy atom. The van der Waals surface area contributed by atoms with Crippen LogP contribution in [0.3, 0.4) is 0 Å². The van der Waals surface area contributed by atoms with Crippen LogP contribution in [0.15, 0.2) is 51.5 Å². The Hall–Kier alpha value is -3.09. The van der Waals surface area contributed by atoms with E-state index in [9.17, 15) is 4.79 Å². The van der Waals surface area contributed by atoms with E-state index in [-0.39, 0.29) is 18.4 Å². The quantitative estimate of drug-likeness (QED) is 0.687. The lowest BCUT2D eigenvalue weighted by atomic mass is 9.97. The van der Waals surface area contributed by atoms with Crippen molar-refractivity contribution in [2.45, 2.75) is 25.7 Å². The number of rotatable bonds is 5. The van der Waals surface area contributed by atoms with E-state index in [4.69, 9.17) is 13.6 Å². The molecular formula is C20H21N3O4. The van der Waals surface area contributed by atoms with E-state index >= 15 is 0 Å². The van der Waals surface area contributed by atoms with Crippen molar-refractivity contribution in [3.05, 3.63) is 54.1 Å². The maximum Gasteiger partial charge on any atom is 0.283 e. The van der Waals surface area contributed by atoms with Crippen LogP contribution in [-0.4, -0.2) is 40.7 Å². The monoisotopic (exact) mass is 367 g/mol. The summed E-state index contributed by atoms with van der Waals surface area (Å²) in [6.45, 7) is 3.32. The summed E-state index contributed by atoms with van der Waals surface area (Å²) in [5, 5.41) is 8.19. The van der Waals surface area contributed by atoms with Crippen LogP contribution in [-0.2, 0) is 4.79 Å². The average Bonchev–Trinajstić information content (AvgIpc) is 3.39. The summed E-state index contributed by atoms with van der Waals surface area (Å²) < 4.78 is 16.7. The van der Waals surface area contributed by atoms with E-state index in [0.29, 0.717) is 30.6 Å². The second-order valence-electron chi connectivity index (χ2n) is 6.63. The molecule has 0 saturated carbocycles. The Morgan fingerprint density at radius 3 is 2.74 bits per heavy atom. The van der Waals surface area contributed by atoms with E-state index in [1.165, 1.54) is 0 Å². The lowest BCUT2D eigenvalue weighted by molar-refractivity contribution is -0.134. The van der Waals surface area contributed by atoms with Crippen molar-refractivity contribution in [2.75, 3.05) is 19.7 Å². The Labute approximate surface area is 156 Å². The highest BCUT2D eigenvalue weighted by molar-refractivity contribution is 5.77. The molecule has 0 spiro atoms. The number of aromatic nitrogens is 2. The van der Waals surface area contributed by atoms with Crippen molar-refractivity contribution in [1.82, 2.24) is 15.1 Å². The van der Waals surface area contributed by atoms with Gasteiger partial charge in [0.25, 0.3) is 11.8 Å². The zero-order valence-corrected chi connectivity index (χ0v) is 15.1. The summed E-state index contributed by atoms with van der Waals surface area (Å²) >= 11 is 0. The third-order valence-electron chi connectivity index (χ3n) is 4.81. The summed E-state index contributed by atoms with van der Waals surface area (Å²) in [4.78, 5) is 14.3. The predicted molar refractivity (Wildman–Crippen MR) is 97.2 cm³/mol. The van der Waals surface area contributed by atoms with Crippen LogP contribution in [0.4, 0.5) is 0 Å². The fourth-order valence-electron chi connectivity index (χ4n) is 3.22. The molecule has 1 amide bonds. The number of hydrogen-bond donors (Lipinski definition) is 0. The fourth-order valence-corrected chi connectivity index (χ4v) is 3.22. The lowest BCUT2D eigenvalue weighted by Crippen LogP contribution is -2.40. The lowest BCUT2D eigenvalue weighted by Gasteiger charge is -2.30. The van der Waals surface area contributed by atoms with Gasteiger partial charge in [0.15, 0.2) is 12.4 Å². The number of benzene rings is 1. The predicted octanol–water partition coefficient (Wildman–Crippen LogP) is 3.42. The van der Waals surface area contributed by atoms with Crippen LogP contribution in [0.25, 0.3) is 11.7 Å². The zero-order chi connectivity index (χ0) is 18.6. The minimum absolute atomic E-state index is 0.00138. The normalized spacial score (nSPS) is 15.1. The number of ether oxygens (including phenoxy) is 1. The van der Waals surface area contributed by atoms with E-state index in [1.807, 2.05) is 36.1 Å². The first kappa shape index (κ1) is 17.3. The summed E-state index contributed by atoms with van der Waals surface area (Å²) in [6, 6.07) is 11.3. The Balaban J connectivity index is 1.30. The van der Waals surface area contributed by atoms with E-state index in [0.717, 1.165) is 24.2 Å². The molecule has 3 aromatic rings. The maximum absolute atomic E-state index is 12.4. The second kappa shape index (κ2) is 7.65. The molecular weight excluding hydrogens is 346 g/mol. The number of aryl methyl sites for hydroxylation is 1. The van der Waals surface area contributed by atoms with Gasteiger partial charge >= 0.3 is 0 Å². The summed E-state index contributed by atoms with van der Waals surface area (Å²) in [6.07, 6.45) is 3.15. The number of carbonyl (C=O) groups is 1. The largest absolute Gasteiger partial charge is 0.484 e. The molecule has 1 aliphatic heterocycles. The molecule has 0 radical (unpaired) electrons. The highest BCUT2D eigenvalue weighted by Gasteiger charge is 2.28. The second-order valence-corrected chi connectivity index (χ2v) is 6.63. The van der Waals surface area contributed by atoms with E-state index in [2.05, 4.69) is 10.2 Å². The Bertz CT molecular complexity index is 896. The van der Waals surface area contributed by atoms with Gasteiger partial charge in [-0.25, -0.2) is 0 Å². The summed E-state index contributed by atoms with van der Waals surface area (Å²) in [5.41, 5.74) is 1.02. The van der Waals surface area contributed by atoms with Gasteiger partial charge in [-0.3, -0.25) is 4.79 Å². The summed E-state index contributed by atoms with van der Waals surface area (Å²) in [7, 11) is 0. The van der Waals surface area contributed by atoms with Crippen molar-refractivity contribution < 1.29 is 18.4 Å². The molecule has 1 saturated heterocycles. The molecule has 0 N–H and O–H groups in total. The number of carbonyl (C=O) groups excluding carboxylic acids is 1. The number of para-hydroxylation sites is 1. The van der Waals surface area contributed by atoms with Crippen molar-refractivity contribution in [1.29, 1.82) is 0 Å². The van der Waals surface area contributed by atoms with Gasteiger partial charge in [0.1, 0.15) is 5.75 Å². The van der Waals surface area contributed by atoms with Crippen LogP contribution in [0.5, 0.6) is 5.75 Å². The first-order chi connectivity index (χ1) is 13.2. The zero-order valence-electron chi connectivity index (χ0n) is 15.1. The van der Waals surface area contributed by atoms with Gasteiger partial charge < -0.3 is 18.5 Å². The first-order valence-corrected chi connectivity index (χ1v) is 9.04. The number of furan rings is 1. The molecule has 0 bridgehead atoms. The SMILES string of the molecule is Cc1ccccc1OCC(=O)N1CCC(c2nnc(-c3ccco3)o2)CC1. The van der Waals surface area contributed by atoms with Crippen LogP contribution in [0.1, 0.15) is 30.2 Å². The van der Waals surface area contributed by atoms with Gasteiger partial charge in [0.2, 0.25) is 5.89 Å². The van der Waals surface area contributed by atoms with Gasteiger partial charge in [0, 0.05) is 19.0 Å². The molecule has 0 atom stereocenters. The average molecular weight is 367 g/mol. The molecule has 7 nitrogen and oxygen atoms in total.